The van der Waals surface area contributed by atoms with Crippen molar-refractivity contribution in [2.75, 3.05) is 26.4 Å². The standard InChI is InChI=1S/C13H25NO3/c1-2-17-11-8-13(16)14(9-10-15)12-6-4-3-5-7-12/h12,15H,2-11H2,1H3. The highest BCUT2D eigenvalue weighted by molar-refractivity contribution is 5.76. The van der Waals surface area contributed by atoms with Crippen LogP contribution < -0.4 is 0 Å². The highest BCUT2D eigenvalue weighted by Crippen LogP contribution is 2.22. The second-order valence-electron chi connectivity index (χ2n) is 4.55. The van der Waals surface area contributed by atoms with E-state index in [0.29, 0.717) is 32.2 Å². The summed E-state index contributed by atoms with van der Waals surface area (Å²) in [5.74, 6) is 0.124. The van der Waals surface area contributed by atoms with E-state index in [1.165, 1.54) is 19.3 Å². The Morgan fingerprint density at radius 3 is 2.65 bits per heavy atom. The Hall–Kier alpha value is -0.610. The van der Waals surface area contributed by atoms with Gasteiger partial charge in [-0.3, -0.25) is 4.79 Å². The van der Waals surface area contributed by atoms with Crippen LogP contribution in [0, 0.1) is 0 Å². The zero-order valence-corrected chi connectivity index (χ0v) is 10.9. The Labute approximate surface area is 104 Å². The number of aliphatic hydroxyl groups excluding tert-OH is 1. The van der Waals surface area contributed by atoms with Gasteiger partial charge in [0.05, 0.1) is 19.6 Å². The molecule has 0 bridgehead atoms. The first kappa shape index (κ1) is 14.5. The number of carbonyl (C=O) groups excluding carboxylic acids is 1. The Morgan fingerprint density at radius 2 is 2.06 bits per heavy atom. The van der Waals surface area contributed by atoms with Gasteiger partial charge >= 0.3 is 0 Å². The highest BCUT2D eigenvalue weighted by Gasteiger charge is 2.24. The third-order valence-corrected chi connectivity index (χ3v) is 3.34. The van der Waals surface area contributed by atoms with Gasteiger partial charge in [-0.05, 0) is 19.8 Å². The molecule has 1 aliphatic carbocycles. The molecule has 1 saturated carbocycles. The van der Waals surface area contributed by atoms with Gasteiger partial charge in [0.25, 0.3) is 0 Å². The zero-order chi connectivity index (χ0) is 12.5. The minimum absolute atomic E-state index is 0.0525. The topological polar surface area (TPSA) is 49.8 Å². The molecular weight excluding hydrogens is 218 g/mol. The van der Waals surface area contributed by atoms with Gasteiger partial charge in [-0.1, -0.05) is 19.3 Å². The lowest BCUT2D eigenvalue weighted by molar-refractivity contribution is -0.135. The number of ether oxygens (including phenoxy) is 1. The quantitative estimate of drug-likeness (QED) is 0.690. The predicted molar refractivity (Wildman–Crippen MR) is 66.8 cm³/mol. The van der Waals surface area contributed by atoms with Gasteiger partial charge < -0.3 is 14.7 Å². The molecule has 0 aliphatic heterocycles. The third-order valence-electron chi connectivity index (χ3n) is 3.34. The maximum atomic E-state index is 12.0. The van der Waals surface area contributed by atoms with Crippen molar-refractivity contribution in [3.05, 3.63) is 0 Å². The SMILES string of the molecule is CCOCCC(=O)N(CCO)C1CCCCC1. The fourth-order valence-corrected chi connectivity index (χ4v) is 2.46. The van der Waals surface area contributed by atoms with Crippen molar-refractivity contribution >= 4 is 5.91 Å². The molecule has 4 nitrogen and oxygen atoms in total. The van der Waals surface area contributed by atoms with Crippen molar-refractivity contribution in [1.82, 2.24) is 4.90 Å². The van der Waals surface area contributed by atoms with Crippen LogP contribution in [0.5, 0.6) is 0 Å². The largest absolute Gasteiger partial charge is 0.395 e. The summed E-state index contributed by atoms with van der Waals surface area (Å²) in [5, 5.41) is 9.06. The molecule has 0 saturated heterocycles. The van der Waals surface area contributed by atoms with Crippen LogP contribution in [0.2, 0.25) is 0 Å². The summed E-state index contributed by atoms with van der Waals surface area (Å²) in [7, 11) is 0. The van der Waals surface area contributed by atoms with Crippen LogP contribution in [0.4, 0.5) is 0 Å². The number of hydrogen-bond acceptors (Lipinski definition) is 3. The fourth-order valence-electron chi connectivity index (χ4n) is 2.46. The Kier molecular flexibility index (Phi) is 7.21. The van der Waals surface area contributed by atoms with Crippen LogP contribution in [0.1, 0.15) is 45.4 Å². The molecule has 0 aromatic carbocycles. The van der Waals surface area contributed by atoms with Gasteiger partial charge in [-0.25, -0.2) is 0 Å². The van der Waals surface area contributed by atoms with E-state index in [1.54, 1.807) is 0 Å². The van der Waals surface area contributed by atoms with Crippen molar-refractivity contribution in [3.63, 3.8) is 0 Å². The van der Waals surface area contributed by atoms with Crippen molar-refractivity contribution in [2.45, 2.75) is 51.5 Å². The predicted octanol–water partition coefficient (Wildman–Crippen LogP) is 1.57. The smallest absolute Gasteiger partial charge is 0.225 e. The van der Waals surface area contributed by atoms with Crippen molar-refractivity contribution in [3.8, 4) is 0 Å². The molecule has 4 heteroatoms. The van der Waals surface area contributed by atoms with Gasteiger partial charge in [0.15, 0.2) is 0 Å². The van der Waals surface area contributed by atoms with E-state index >= 15 is 0 Å². The molecule has 0 aromatic rings. The van der Waals surface area contributed by atoms with Crippen molar-refractivity contribution in [1.29, 1.82) is 0 Å². The van der Waals surface area contributed by atoms with E-state index < -0.39 is 0 Å². The summed E-state index contributed by atoms with van der Waals surface area (Å²) >= 11 is 0. The summed E-state index contributed by atoms with van der Waals surface area (Å²) in [6.07, 6.45) is 6.28. The molecule has 0 radical (unpaired) electrons. The first-order valence-electron chi connectivity index (χ1n) is 6.77. The van der Waals surface area contributed by atoms with Crippen LogP contribution >= 0.6 is 0 Å². The van der Waals surface area contributed by atoms with Gasteiger partial charge in [0, 0.05) is 19.2 Å². The van der Waals surface area contributed by atoms with E-state index in [1.807, 2.05) is 11.8 Å². The number of hydrogen-bond donors (Lipinski definition) is 1. The summed E-state index contributed by atoms with van der Waals surface area (Å²) in [6.45, 7) is 3.59. The van der Waals surface area contributed by atoms with E-state index in [4.69, 9.17) is 9.84 Å². The van der Waals surface area contributed by atoms with Crippen LogP contribution in [0.15, 0.2) is 0 Å². The van der Waals surface area contributed by atoms with E-state index in [0.717, 1.165) is 12.8 Å². The molecule has 17 heavy (non-hydrogen) atoms. The van der Waals surface area contributed by atoms with Crippen LogP contribution in [0.25, 0.3) is 0 Å². The summed E-state index contributed by atoms with van der Waals surface area (Å²) in [5.41, 5.74) is 0. The molecule has 0 spiro atoms. The first-order chi connectivity index (χ1) is 8.29. The Bertz CT molecular complexity index is 215. The van der Waals surface area contributed by atoms with Crippen molar-refractivity contribution < 1.29 is 14.6 Å². The molecule has 1 aliphatic rings. The normalized spacial score (nSPS) is 17.1. The average Bonchev–Trinajstić information content (AvgIpc) is 2.37. The first-order valence-corrected chi connectivity index (χ1v) is 6.77. The molecule has 0 unspecified atom stereocenters. The average molecular weight is 243 g/mol. The maximum absolute atomic E-state index is 12.0. The lowest BCUT2D eigenvalue weighted by atomic mass is 9.94. The van der Waals surface area contributed by atoms with Gasteiger partial charge in [0.1, 0.15) is 0 Å². The van der Waals surface area contributed by atoms with E-state index in [2.05, 4.69) is 0 Å². The number of carbonyl (C=O) groups is 1. The van der Waals surface area contributed by atoms with Gasteiger partial charge in [0.2, 0.25) is 5.91 Å². The Balaban J connectivity index is 2.42. The molecule has 0 heterocycles. The van der Waals surface area contributed by atoms with Crippen LogP contribution in [-0.2, 0) is 9.53 Å². The highest BCUT2D eigenvalue weighted by atomic mass is 16.5. The van der Waals surface area contributed by atoms with Crippen LogP contribution in [0.3, 0.4) is 0 Å². The molecule has 100 valence electrons. The number of amides is 1. The fraction of sp³-hybridized carbons (Fsp3) is 0.923. The van der Waals surface area contributed by atoms with Gasteiger partial charge in [-0.2, -0.15) is 0 Å². The summed E-state index contributed by atoms with van der Waals surface area (Å²) in [4.78, 5) is 13.9. The van der Waals surface area contributed by atoms with E-state index in [-0.39, 0.29) is 12.5 Å². The summed E-state index contributed by atoms with van der Waals surface area (Å²) in [6, 6.07) is 0.338. The third kappa shape index (κ3) is 5.04. The molecule has 0 atom stereocenters. The molecule has 1 N–H and O–H groups in total. The second kappa shape index (κ2) is 8.48. The number of aliphatic hydroxyl groups is 1. The maximum Gasteiger partial charge on any atom is 0.225 e. The van der Waals surface area contributed by atoms with Crippen molar-refractivity contribution in [2.24, 2.45) is 0 Å². The Morgan fingerprint density at radius 1 is 1.35 bits per heavy atom. The summed E-state index contributed by atoms with van der Waals surface area (Å²) < 4.78 is 5.21. The minimum Gasteiger partial charge on any atom is -0.395 e. The molecular formula is C13H25NO3. The number of rotatable bonds is 7. The monoisotopic (exact) mass is 243 g/mol. The lowest BCUT2D eigenvalue weighted by Crippen LogP contribution is -2.43. The molecule has 0 aromatic heterocycles. The number of nitrogens with zero attached hydrogens (tertiary/aromatic N) is 1. The lowest BCUT2D eigenvalue weighted by Gasteiger charge is -2.34. The van der Waals surface area contributed by atoms with E-state index in [9.17, 15) is 4.79 Å². The van der Waals surface area contributed by atoms with Crippen LogP contribution in [-0.4, -0.2) is 48.3 Å². The molecule has 1 amide bonds. The molecule has 1 rings (SSSR count). The minimum atomic E-state index is 0.0525. The molecule has 1 fully saturated rings. The van der Waals surface area contributed by atoms with Gasteiger partial charge in [-0.15, -0.1) is 0 Å². The second-order valence-corrected chi connectivity index (χ2v) is 4.55. The zero-order valence-electron chi connectivity index (χ0n) is 10.9.